The number of anilines is 1. The second-order valence-corrected chi connectivity index (χ2v) is 5.75. The molecule has 20 heavy (non-hydrogen) atoms. The molecule has 106 valence electrons. The Morgan fingerprint density at radius 3 is 2.80 bits per heavy atom. The number of nitrogens with zero attached hydrogens (tertiary/aromatic N) is 1. The molecule has 1 saturated heterocycles. The Morgan fingerprint density at radius 1 is 1.50 bits per heavy atom. The maximum absolute atomic E-state index is 13.8. The second kappa shape index (κ2) is 5.84. The predicted octanol–water partition coefficient (Wildman–Crippen LogP) is 1.83. The summed E-state index contributed by atoms with van der Waals surface area (Å²) in [4.78, 5) is 24.3. The van der Waals surface area contributed by atoms with Crippen molar-refractivity contribution < 1.29 is 18.4 Å². The molecule has 0 spiro atoms. The molecule has 1 atom stereocenters. The van der Waals surface area contributed by atoms with Crippen LogP contribution in [0.5, 0.6) is 0 Å². The maximum Gasteiger partial charge on any atom is 0.256 e. The van der Waals surface area contributed by atoms with Crippen LogP contribution in [0.1, 0.15) is 6.92 Å². The molecule has 2 rings (SSSR count). The van der Waals surface area contributed by atoms with Gasteiger partial charge in [-0.25, -0.2) is 8.78 Å². The van der Waals surface area contributed by atoms with Gasteiger partial charge in [-0.1, -0.05) is 24.0 Å². The topological polar surface area (TPSA) is 49.4 Å². The molecule has 0 radical (unpaired) electrons. The summed E-state index contributed by atoms with van der Waals surface area (Å²) in [6.07, 6.45) is 0. The van der Waals surface area contributed by atoms with Gasteiger partial charge in [0, 0.05) is 18.7 Å². The lowest BCUT2D eigenvalue weighted by molar-refractivity contribution is -0.125. The zero-order valence-electron chi connectivity index (χ0n) is 10.4. The number of amides is 2. The Bertz CT molecular complexity index is 595. The molecule has 0 saturated carbocycles. The highest BCUT2D eigenvalue weighted by Gasteiger charge is 2.35. The molecule has 1 aromatic carbocycles. The van der Waals surface area contributed by atoms with Crippen molar-refractivity contribution in [1.29, 1.82) is 0 Å². The number of halogens is 2. The summed E-state index contributed by atoms with van der Waals surface area (Å²) >= 11 is 6.19. The lowest BCUT2D eigenvalue weighted by atomic mass is 10.2. The molecule has 1 N–H and O–H groups in total. The average Bonchev–Trinajstić information content (AvgIpc) is 2.35. The molecular formula is C12H10F2N2O2S2. The van der Waals surface area contributed by atoms with Gasteiger partial charge in [-0.05, 0) is 12.1 Å². The van der Waals surface area contributed by atoms with Gasteiger partial charge < -0.3 is 5.32 Å². The smallest absolute Gasteiger partial charge is 0.256 e. The standard InChI is InChI=1S/C12H10F2N2O2S2/c1-6(17)15-9-5-20-12(19)16(11(9)18)10-3-2-7(13)4-8(10)14/h2-4,9H,5H2,1H3,(H,15,17). The first-order chi connectivity index (χ1) is 9.40. The van der Waals surface area contributed by atoms with Crippen molar-refractivity contribution in [2.75, 3.05) is 10.7 Å². The van der Waals surface area contributed by atoms with Crippen LogP contribution in [0, 0.1) is 11.6 Å². The highest BCUT2D eigenvalue weighted by Crippen LogP contribution is 2.28. The Hall–Kier alpha value is -1.54. The van der Waals surface area contributed by atoms with Crippen LogP contribution in [0.3, 0.4) is 0 Å². The van der Waals surface area contributed by atoms with E-state index in [9.17, 15) is 18.4 Å². The molecule has 8 heteroatoms. The number of nitrogens with one attached hydrogen (secondary N) is 1. The fraction of sp³-hybridized carbons (Fsp3) is 0.250. The highest BCUT2D eigenvalue weighted by molar-refractivity contribution is 8.23. The van der Waals surface area contributed by atoms with E-state index >= 15 is 0 Å². The van der Waals surface area contributed by atoms with Crippen molar-refractivity contribution in [2.24, 2.45) is 0 Å². The predicted molar refractivity (Wildman–Crippen MR) is 76.5 cm³/mol. The minimum atomic E-state index is -0.884. The molecular weight excluding hydrogens is 306 g/mol. The van der Waals surface area contributed by atoms with Gasteiger partial charge in [0.15, 0.2) is 0 Å². The zero-order chi connectivity index (χ0) is 14.9. The van der Waals surface area contributed by atoms with Gasteiger partial charge in [-0.2, -0.15) is 0 Å². The van der Waals surface area contributed by atoms with E-state index in [-0.39, 0.29) is 21.7 Å². The van der Waals surface area contributed by atoms with E-state index in [4.69, 9.17) is 12.2 Å². The normalized spacial score (nSPS) is 19.1. The molecule has 0 bridgehead atoms. The van der Waals surface area contributed by atoms with E-state index in [0.29, 0.717) is 6.07 Å². The van der Waals surface area contributed by atoms with Gasteiger partial charge in [0.05, 0.1) is 5.69 Å². The number of carbonyl (C=O) groups is 2. The van der Waals surface area contributed by atoms with Crippen LogP contribution in [0.15, 0.2) is 18.2 Å². The van der Waals surface area contributed by atoms with Crippen molar-refractivity contribution in [3.63, 3.8) is 0 Å². The summed E-state index contributed by atoms with van der Waals surface area (Å²) in [5.74, 6) is -2.24. The molecule has 1 heterocycles. The summed E-state index contributed by atoms with van der Waals surface area (Å²) in [5, 5.41) is 2.48. The van der Waals surface area contributed by atoms with E-state index in [0.717, 1.165) is 28.8 Å². The average molecular weight is 316 g/mol. The van der Waals surface area contributed by atoms with Gasteiger partial charge in [0.1, 0.15) is 22.0 Å². The van der Waals surface area contributed by atoms with Crippen LogP contribution in [0.2, 0.25) is 0 Å². The molecule has 4 nitrogen and oxygen atoms in total. The molecule has 2 amide bonds. The van der Waals surface area contributed by atoms with Crippen molar-refractivity contribution in [1.82, 2.24) is 5.32 Å². The summed E-state index contributed by atoms with van der Waals surface area (Å²) < 4.78 is 26.9. The monoisotopic (exact) mass is 316 g/mol. The Balaban J connectivity index is 2.34. The summed E-state index contributed by atoms with van der Waals surface area (Å²) in [6.45, 7) is 1.29. The van der Waals surface area contributed by atoms with Gasteiger partial charge >= 0.3 is 0 Å². The molecule has 1 aliphatic rings. The SMILES string of the molecule is CC(=O)NC1CSC(=S)N(c2ccc(F)cc2F)C1=O. The van der Waals surface area contributed by atoms with Crippen LogP contribution < -0.4 is 10.2 Å². The van der Waals surface area contributed by atoms with Crippen LogP contribution in [-0.4, -0.2) is 27.9 Å². The lowest BCUT2D eigenvalue weighted by Crippen LogP contribution is -2.54. The largest absolute Gasteiger partial charge is 0.344 e. The fourth-order valence-corrected chi connectivity index (χ4v) is 3.01. The number of hydrogen-bond acceptors (Lipinski definition) is 4. The van der Waals surface area contributed by atoms with Crippen molar-refractivity contribution in [2.45, 2.75) is 13.0 Å². The summed E-state index contributed by atoms with van der Waals surface area (Å²) in [5.41, 5.74) is -0.121. The number of hydrogen-bond donors (Lipinski definition) is 1. The zero-order valence-corrected chi connectivity index (χ0v) is 12.0. The molecule has 1 unspecified atom stereocenters. The van der Waals surface area contributed by atoms with Crippen LogP contribution >= 0.6 is 24.0 Å². The minimum Gasteiger partial charge on any atom is -0.344 e. The minimum absolute atomic E-state index is 0.121. The molecule has 0 aromatic heterocycles. The van der Waals surface area contributed by atoms with Gasteiger partial charge in [0.25, 0.3) is 5.91 Å². The van der Waals surface area contributed by atoms with Crippen molar-refractivity contribution in [3.8, 4) is 0 Å². The fourth-order valence-electron chi connectivity index (χ4n) is 1.76. The van der Waals surface area contributed by atoms with Crippen LogP contribution in [-0.2, 0) is 9.59 Å². The third-order valence-corrected chi connectivity index (χ3v) is 4.07. The summed E-state index contributed by atoms with van der Waals surface area (Å²) in [7, 11) is 0. The maximum atomic E-state index is 13.8. The first-order valence-corrected chi connectivity index (χ1v) is 7.02. The van der Waals surface area contributed by atoms with Crippen LogP contribution in [0.4, 0.5) is 14.5 Å². The first kappa shape index (κ1) is 14.9. The Labute approximate surface area is 123 Å². The van der Waals surface area contributed by atoms with Crippen molar-refractivity contribution >= 4 is 45.8 Å². The molecule has 1 aromatic rings. The van der Waals surface area contributed by atoms with E-state index in [1.165, 1.54) is 6.92 Å². The van der Waals surface area contributed by atoms with Crippen LogP contribution in [0.25, 0.3) is 0 Å². The first-order valence-electron chi connectivity index (χ1n) is 5.63. The Morgan fingerprint density at radius 2 is 2.20 bits per heavy atom. The molecule has 0 aliphatic carbocycles. The Kier molecular flexibility index (Phi) is 4.34. The van der Waals surface area contributed by atoms with E-state index in [1.807, 2.05) is 0 Å². The highest BCUT2D eigenvalue weighted by atomic mass is 32.2. The third-order valence-electron chi connectivity index (χ3n) is 2.60. The number of carbonyl (C=O) groups excluding carboxylic acids is 2. The van der Waals surface area contributed by atoms with E-state index in [1.54, 1.807) is 0 Å². The summed E-state index contributed by atoms with van der Waals surface area (Å²) in [6, 6.07) is 2.08. The third kappa shape index (κ3) is 2.96. The van der Waals surface area contributed by atoms with E-state index < -0.39 is 23.6 Å². The number of benzene rings is 1. The second-order valence-electron chi connectivity index (χ2n) is 4.10. The lowest BCUT2D eigenvalue weighted by Gasteiger charge is -2.32. The van der Waals surface area contributed by atoms with Gasteiger partial charge in [-0.3, -0.25) is 14.5 Å². The van der Waals surface area contributed by atoms with Gasteiger partial charge in [-0.15, -0.1) is 0 Å². The molecule has 1 aliphatic heterocycles. The quantitative estimate of drug-likeness (QED) is 0.846. The van der Waals surface area contributed by atoms with Gasteiger partial charge in [0.2, 0.25) is 5.91 Å². The number of thiocarbonyl (C=S) groups is 1. The number of thioether (sulfide) groups is 1. The van der Waals surface area contributed by atoms with E-state index in [2.05, 4.69) is 5.32 Å². The molecule has 1 fully saturated rings. The van der Waals surface area contributed by atoms with Crippen molar-refractivity contribution in [3.05, 3.63) is 29.8 Å². The number of rotatable bonds is 2.